The van der Waals surface area contributed by atoms with Gasteiger partial charge in [0, 0.05) is 22.9 Å². The molecule has 1 aromatic heterocycles. The fourth-order valence-electron chi connectivity index (χ4n) is 2.06. The Balaban J connectivity index is 1.80. The van der Waals surface area contributed by atoms with Crippen LogP contribution in [0.2, 0.25) is 0 Å². The topological polar surface area (TPSA) is 30.5 Å². The molecule has 1 aromatic rings. The normalized spacial score (nSPS) is 19.6. The van der Waals surface area contributed by atoms with Crippen molar-refractivity contribution in [2.45, 2.75) is 45.9 Å². The standard InChI is InChI=1S/C14H23NO2S/c1-3-5-15-8-14-7-12(11(2)18-14)9-17-13-4-6-16-10-13/h7,13,15H,3-6,8-10H2,1-2H3. The van der Waals surface area contributed by atoms with Gasteiger partial charge in [-0.25, -0.2) is 0 Å². The fraction of sp³-hybridized carbons (Fsp3) is 0.714. The Bertz CT molecular complexity index is 359. The predicted octanol–water partition coefficient (Wildman–Crippen LogP) is 2.86. The Labute approximate surface area is 113 Å². The Morgan fingerprint density at radius 2 is 2.44 bits per heavy atom. The average molecular weight is 269 g/mol. The van der Waals surface area contributed by atoms with E-state index in [1.165, 1.54) is 21.7 Å². The van der Waals surface area contributed by atoms with Crippen LogP contribution in [0.3, 0.4) is 0 Å². The first kappa shape index (κ1) is 14.0. The molecule has 0 saturated carbocycles. The zero-order valence-corrected chi connectivity index (χ0v) is 12.1. The number of thiophene rings is 1. The number of nitrogens with one attached hydrogen (secondary N) is 1. The molecule has 1 N–H and O–H groups in total. The second-order valence-corrected chi connectivity index (χ2v) is 6.11. The highest BCUT2D eigenvalue weighted by Gasteiger charge is 2.16. The van der Waals surface area contributed by atoms with Crippen LogP contribution in [-0.4, -0.2) is 25.9 Å². The van der Waals surface area contributed by atoms with Gasteiger partial charge in [-0.05, 0) is 37.9 Å². The number of ether oxygens (including phenoxy) is 2. The van der Waals surface area contributed by atoms with Crippen molar-refractivity contribution in [2.24, 2.45) is 0 Å². The molecule has 4 heteroatoms. The Morgan fingerprint density at radius 1 is 1.56 bits per heavy atom. The molecule has 3 nitrogen and oxygen atoms in total. The highest BCUT2D eigenvalue weighted by molar-refractivity contribution is 7.12. The maximum atomic E-state index is 5.87. The molecule has 1 unspecified atom stereocenters. The van der Waals surface area contributed by atoms with Crippen molar-refractivity contribution >= 4 is 11.3 Å². The third-order valence-electron chi connectivity index (χ3n) is 3.16. The first-order valence-electron chi connectivity index (χ1n) is 6.78. The van der Waals surface area contributed by atoms with Crippen LogP contribution < -0.4 is 5.32 Å². The number of aryl methyl sites for hydroxylation is 1. The monoisotopic (exact) mass is 269 g/mol. The zero-order valence-electron chi connectivity index (χ0n) is 11.3. The molecule has 0 radical (unpaired) electrons. The minimum Gasteiger partial charge on any atom is -0.379 e. The summed E-state index contributed by atoms with van der Waals surface area (Å²) >= 11 is 1.87. The van der Waals surface area contributed by atoms with Gasteiger partial charge in [0.2, 0.25) is 0 Å². The van der Waals surface area contributed by atoms with E-state index in [1.807, 2.05) is 11.3 Å². The lowest BCUT2D eigenvalue weighted by Gasteiger charge is -2.08. The summed E-state index contributed by atoms with van der Waals surface area (Å²) in [7, 11) is 0. The van der Waals surface area contributed by atoms with Gasteiger partial charge in [0.05, 0.1) is 19.3 Å². The average Bonchev–Trinajstić information content (AvgIpc) is 2.97. The summed E-state index contributed by atoms with van der Waals surface area (Å²) in [5.41, 5.74) is 1.33. The Hall–Kier alpha value is -0.420. The maximum absolute atomic E-state index is 5.87. The largest absolute Gasteiger partial charge is 0.379 e. The lowest BCUT2D eigenvalue weighted by atomic mass is 10.2. The summed E-state index contributed by atoms with van der Waals surface area (Å²) in [6.07, 6.45) is 2.52. The van der Waals surface area contributed by atoms with Crippen LogP contribution in [0.25, 0.3) is 0 Å². The molecule has 0 bridgehead atoms. The molecular weight excluding hydrogens is 246 g/mol. The molecule has 1 aliphatic heterocycles. The Kier molecular flexibility index (Phi) is 5.63. The van der Waals surface area contributed by atoms with Gasteiger partial charge in [-0.15, -0.1) is 11.3 Å². The third-order valence-corrected chi connectivity index (χ3v) is 4.25. The molecule has 1 saturated heterocycles. The van der Waals surface area contributed by atoms with E-state index in [-0.39, 0.29) is 0 Å². The van der Waals surface area contributed by atoms with E-state index in [9.17, 15) is 0 Å². The van der Waals surface area contributed by atoms with Gasteiger partial charge in [0.1, 0.15) is 0 Å². The predicted molar refractivity (Wildman–Crippen MR) is 75.1 cm³/mol. The van der Waals surface area contributed by atoms with Crippen molar-refractivity contribution in [3.05, 3.63) is 21.4 Å². The smallest absolute Gasteiger partial charge is 0.0835 e. The molecule has 1 aliphatic rings. The van der Waals surface area contributed by atoms with Crippen molar-refractivity contribution in [1.82, 2.24) is 5.32 Å². The molecular formula is C14H23NO2S. The molecule has 0 spiro atoms. The second kappa shape index (κ2) is 7.24. The van der Waals surface area contributed by atoms with Gasteiger partial charge >= 0.3 is 0 Å². The van der Waals surface area contributed by atoms with E-state index >= 15 is 0 Å². The van der Waals surface area contributed by atoms with Gasteiger partial charge < -0.3 is 14.8 Å². The highest BCUT2D eigenvalue weighted by Crippen LogP contribution is 2.23. The van der Waals surface area contributed by atoms with Crippen molar-refractivity contribution in [1.29, 1.82) is 0 Å². The minimum absolute atomic E-state index is 0.297. The van der Waals surface area contributed by atoms with E-state index in [1.54, 1.807) is 0 Å². The molecule has 1 fully saturated rings. The second-order valence-electron chi connectivity index (χ2n) is 4.77. The van der Waals surface area contributed by atoms with E-state index in [2.05, 4.69) is 25.2 Å². The number of hydrogen-bond donors (Lipinski definition) is 1. The van der Waals surface area contributed by atoms with Gasteiger partial charge in [-0.1, -0.05) is 6.92 Å². The van der Waals surface area contributed by atoms with Gasteiger partial charge in [-0.2, -0.15) is 0 Å². The van der Waals surface area contributed by atoms with Crippen LogP contribution >= 0.6 is 11.3 Å². The van der Waals surface area contributed by atoms with Crippen LogP contribution in [0.4, 0.5) is 0 Å². The van der Waals surface area contributed by atoms with Crippen LogP contribution in [0, 0.1) is 6.92 Å². The van der Waals surface area contributed by atoms with E-state index in [4.69, 9.17) is 9.47 Å². The van der Waals surface area contributed by atoms with E-state index in [0.717, 1.165) is 39.3 Å². The van der Waals surface area contributed by atoms with Gasteiger partial charge in [0.25, 0.3) is 0 Å². The molecule has 2 heterocycles. The lowest BCUT2D eigenvalue weighted by molar-refractivity contribution is 0.0317. The molecule has 0 aromatic carbocycles. The van der Waals surface area contributed by atoms with Gasteiger partial charge in [-0.3, -0.25) is 0 Å². The maximum Gasteiger partial charge on any atom is 0.0835 e. The van der Waals surface area contributed by atoms with Crippen molar-refractivity contribution in [3.8, 4) is 0 Å². The first-order valence-corrected chi connectivity index (χ1v) is 7.59. The van der Waals surface area contributed by atoms with Crippen LogP contribution in [0.1, 0.15) is 35.1 Å². The summed E-state index contributed by atoms with van der Waals surface area (Å²) in [6.45, 7) is 8.76. The number of rotatable bonds is 7. The van der Waals surface area contributed by atoms with Crippen molar-refractivity contribution in [3.63, 3.8) is 0 Å². The van der Waals surface area contributed by atoms with E-state index < -0.39 is 0 Å². The third kappa shape index (κ3) is 4.05. The van der Waals surface area contributed by atoms with Crippen LogP contribution in [0.5, 0.6) is 0 Å². The molecule has 102 valence electrons. The van der Waals surface area contributed by atoms with E-state index in [0.29, 0.717) is 6.10 Å². The summed E-state index contributed by atoms with van der Waals surface area (Å²) in [6, 6.07) is 2.28. The minimum atomic E-state index is 0.297. The van der Waals surface area contributed by atoms with Crippen LogP contribution in [0.15, 0.2) is 6.07 Å². The lowest BCUT2D eigenvalue weighted by Crippen LogP contribution is -2.13. The molecule has 1 atom stereocenters. The summed E-state index contributed by atoms with van der Waals surface area (Å²) in [4.78, 5) is 2.78. The summed E-state index contributed by atoms with van der Waals surface area (Å²) < 4.78 is 11.2. The van der Waals surface area contributed by atoms with Crippen LogP contribution in [-0.2, 0) is 22.6 Å². The fourth-order valence-corrected chi connectivity index (χ4v) is 3.08. The van der Waals surface area contributed by atoms with Crippen molar-refractivity contribution < 1.29 is 9.47 Å². The molecule has 0 amide bonds. The molecule has 2 rings (SSSR count). The molecule has 18 heavy (non-hydrogen) atoms. The highest BCUT2D eigenvalue weighted by atomic mass is 32.1. The Morgan fingerprint density at radius 3 is 3.17 bits per heavy atom. The summed E-state index contributed by atoms with van der Waals surface area (Å²) in [5, 5.41) is 3.44. The first-order chi connectivity index (χ1) is 8.79. The van der Waals surface area contributed by atoms with Crippen molar-refractivity contribution in [2.75, 3.05) is 19.8 Å². The zero-order chi connectivity index (χ0) is 12.8. The molecule has 0 aliphatic carbocycles. The quantitative estimate of drug-likeness (QED) is 0.772. The summed E-state index contributed by atoms with van der Waals surface area (Å²) in [5.74, 6) is 0. The number of hydrogen-bond acceptors (Lipinski definition) is 4. The van der Waals surface area contributed by atoms with Gasteiger partial charge in [0.15, 0.2) is 0 Å². The SMILES string of the molecule is CCCNCc1cc(COC2CCOC2)c(C)s1.